The van der Waals surface area contributed by atoms with Gasteiger partial charge in [-0.3, -0.25) is 4.79 Å². The number of nitrogens with zero attached hydrogens (tertiary/aromatic N) is 1. The normalized spacial score (nSPS) is 10.9. The van der Waals surface area contributed by atoms with Crippen LogP contribution in [0.25, 0.3) is 6.08 Å². The van der Waals surface area contributed by atoms with E-state index in [1.807, 2.05) is 30.3 Å². The van der Waals surface area contributed by atoms with E-state index in [1.165, 1.54) is 6.08 Å². The van der Waals surface area contributed by atoms with Crippen LogP contribution in [0.15, 0.2) is 78.4 Å². The number of ether oxygens (including phenoxy) is 1. The lowest BCUT2D eigenvalue weighted by molar-refractivity contribution is -0.112. The van der Waals surface area contributed by atoms with Gasteiger partial charge in [-0.1, -0.05) is 59.6 Å². The van der Waals surface area contributed by atoms with Crippen molar-refractivity contribution < 1.29 is 9.53 Å². The second kappa shape index (κ2) is 9.79. The molecular formula is C23H16Cl2N2O2. The van der Waals surface area contributed by atoms with E-state index in [0.717, 1.165) is 5.56 Å². The van der Waals surface area contributed by atoms with E-state index in [9.17, 15) is 10.1 Å². The molecule has 0 aliphatic heterocycles. The molecule has 1 amide bonds. The van der Waals surface area contributed by atoms with Crippen LogP contribution < -0.4 is 10.1 Å². The summed E-state index contributed by atoms with van der Waals surface area (Å²) in [4.78, 5) is 12.5. The second-order valence-corrected chi connectivity index (χ2v) is 6.96. The van der Waals surface area contributed by atoms with Crippen LogP contribution in [0.5, 0.6) is 5.75 Å². The number of rotatable bonds is 6. The Labute approximate surface area is 179 Å². The number of benzene rings is 3. The quantitative estimate of drug-likeness (QED) is 0.384. The molecule has 0 unspecified atom stereocenters. The predicted octanol–water partition coefficient (Wildman–Crippen LogP) is 6.12. The summed E-state index contributed by atoms with van der Waals surface area (Å²) in [5, 5.41) is 13.3. The molecule has 0 saturated carbocycles. The molecule has 3 aromatic carbocycles. The summed E-state index contributed by atoms with van der Waals surface area (Å²) >= 11 is 11.8. The molecule has 0 spiro atoms. The molecule has 0 aliphatic carbocycles. The van der Waals surface area contributed by atoms with Crippen LogP contribution in [0, 0.1) is 11.3 Å². The zero-order chi connectivity index (χ0) is 20.6. The van der Waals surface area contributed by atoms with E-state index in [-0.39, 0.29) is 5.57 Å². The summed E-state index contributed by atoms with van der Waals surface area (Å²) in [6.07, 6.45) is 1.50. The molecule has 0 atom stereocenters. The first-order valence-corrected chi connectivity index (χ1v) is 9.46. The molecule has 29 heavy (non-hydrogen) atoms. The number of nitriles is 1. The number of hydrogen-bond acceptors (Lipinski definition) is 3. The van der Waals surface area contributed by atoms with Crippen LogP contribution in [-0.2, 0) is 11.4 Å². The maximum absolute atomic E-state index is 12.5. The molecule has 0 aromatic heterocycles. The van der Waals surface area contributed by atoms with E-state index >= 15 is 0 Å². The van der Waals surface area contributed by atoms with Crippen LogP contribution in [0.3, 0.4) is 0 Å². The van der Waals surface area contributed by atoms with Crippen molar-refractivity contribution in [2.24, 2.45) is 0 Å². The maximum Gasteiger partial charge on any atom is 0.266 e. The number of anilines is 1. The minimum atomic E-state index is -0.526. The molecular weight excluding hydrogens is 407 g/mol. The molecule has 6 heteroatoms. The van der Waals surface area contributed by atoms with Crippen molar-refractivity contribution in [2.75, 3.05) is 5.32 Å². The Bertz CT molecular complexity index is 1090. The molecule has 0 radical (unpaired) electrons. The Balaban J connectivity index is 1.77. The summed E-state index contributed by atoms with van der Waals surface area (Å²) in [6.45, 7) is 0.332. The Hall–Kier alpha value is -3.26. The largest absolute Gasteiger partial charge is 0.488 e. The lowest BCUT2D eigenvalue weighted by Gasteiger charge is -2.10. The first-order chi connectivity index (χ1) is 14.0. The highest BCUT2D eigenvalue weighted by Gasteiger charge is 2.11. The van der Waals surface area contributed by atoms with Gasteiger partial charge in [0.2, 0.25) is 0 Å². The molecule has 0 saturated heterocycles. The topological polar surface area (TPSA) is 62.1 Å². The van der Waals surface area contributed by atoms with Crippen molar-refractivity contribution in [2.45, 2.75) is 6.61 Å². The molecule has 3 aromatic rings. The number of para-hydroxylation sites is 1. The molecule has 0 aliphatic rings. The van der Waals surface area contributed by atoms with Crippen LogP contribution in [0.1, 0.15) is 11.1 Å². The van der Waals surface area contributed by atoms with E-state index in [4.69, 9.17) is 27.9 Å². The van der Waals surface area contributed by atoms with Gasteiger partial charge in [-0.2, -0.15) is 5.26 Å². The highest BCUT2D eigenvalue weighted by molar-refractivity contribution is 6.31. The minimum absolute atomic E-state index is 0.0486. The van der Waals surface area contributed by atoms with E-state index < -0.39 is 5.91 Å². The third kappa shape index (κ3) is 5.86. The first-order valence-electron chi connectivity index (χ1n) is 8.70. The third-order valence-electron chi connectivity index (χ3n) is 3.97. The van der Waals surface area contributed by atoms with Crippen molar-refractivity contribution in [3.63, 3.8) is 0 Å². The Morgan fingerprint density at radius 3 is 2.48 bits per heavy atom. The van der Waals surface area contributed by atoms with Crippen molar-refractivity contribution in [3.05, 3.63) is 99.5 Å². The molecule has 144 valence electrons. The van der Waals surface area contributed by atoms with Gasteiger partial charge in [0, 0.05) is 21.3 Å². The molecule has 0 bridgehead atoms. The number of nitrogens with one attached hydrogen (secondary N) is 1. The van der Waals surface area contributed by atoms with E-state index in [1.54, 1.807) is 48.5 Å². The van der Waals surface area contributed by atoms with E-state index in [0.29, 0.717) is 33.7 Å². The molecule has 1 N–H and O–H groups in total. The summed E-state index contributed by atoms with van der Waals surface area (Å²) < 4.78 is 5.88. The second-order valence-electron chi connectivity index (χ2n) is 6.09. The number of carbonyl (C=O) groups excluding carboxylic acids is 1. The van der Waals surface area contributed by atoms with Crippen molar-refractivity contribution in [3.8, 4) is 11.8 Å². The van der Waals surface area contributed by atoms with Crippen molar-refractivity contribution in [1.82, 2.24) is 0 Å². The lowest BCUT2D eigenvalue weighted by Crippen LogP contribution is -2.13. The molecule has 0 heterocycles. The molecule has 3 rings (SSSR count). The van der Waals surface area contributed by atoms with Gasteiger partial charge in [0.25, 0.3) is 5.91 Å². The van der Waals surface area contributed by atoms with Gasteiger partial charge in [-0.05, 0) is 48.0 Å². The zero-order valence-electron chi connectivity index (χ0n) is 15.2. The smallest absolute Gasteiger partial charge is 0.266 e. The summed E-state index contributed by atoms with van der Waals surface area (Å²) in [7, 11) is 0. The SMILES string of the molecule is N#C/C(=C\c1ccccc1OCc1ccc(Cl)cc1)C(=O)Nc1cccc(Cl)c1. The van der Waals surface area contributed by atoms with Crippen molar-refractivity contribution in [1.29, 1.82) is 5.26 Å². The fraction of sp³-hybridized carbons (Fsp3) is 0.0435. The van der Waals surface area contributed by atoms with Gasteiger partial charge in [0.05, 0.1) is 0 Å². The average Bonchev–Trinajstić information content (AvgIpc) is 2.72. The van der Waals surface area contributed by atoms with Crippen LogP contribution in [0.4, 0.5) is 5.69 Å². The zero-order valence-corrected chi connectivity index (χ0v) is 16.7. The first kappa shape index (κ1) is 20.5. The van der Waals surface area contributed by atoms with Gasteiger partial charge < -0.3 is 10.1 Å². The minimum Gasteiger partial charge on any atom is -0.488 e. The summed E-state index contributed by atoms with van der Waals surface area (Å²) in [5.74, 6) is 0.0352. The number of carbonyl (C=O) groups is 1. The molecule has 0 fully saturated rings. The van der Waals surface area contributed by atoms with Crippen LogP contribution >= 0.6 is 23.2 Å². The number of hydrogen-bond donors (Lipinski definition) is 1. The van der Waals surface area contributed by atoms with Gasteiger partial charge in [-0.15, -0.1) is 0 Å². The average molecular weight is 423 g/mol. The fourth-order valence-corrected chi connectivity index (χ4v) is 2.86. The standard InChI is InChI=1S/C23H16Cl2N2O2/c24-19-10-8-16(9-11-19)15-29-22-7-2-1-4-17(22)12-18(14-26)23(28)27-21-6-3-5-20(25)13-21/h1-13H,15H2,(H,27,28)/b18-12+. The summed E-state index contributed by atoms with van der Waals surface area (Å²) in [5.41, 5.74) is 2.04. The fourth-order valence-electron chi connectivity index (χ4n) is 2.54. The van der Waals surface area contributed by atoms with Gasteiger partial charge in [0.1, 0.15) is 24.0 Å². The highest BCUT2D eigenvalue weighted by Crippen LogP contribution is 2.23. The molecule has 4 nitrogen and oxygen atoms in total. The number of halogens is 2. The van der Waals surface area contributed by atoms with Gasteiger partial charge in [0.15, 0.2) is 0 Å². The van der Waals surface area contributed by atoms with Crippen LogP contribution in [0.2, 0.25) is 10.0 Å². The third-order valence-corrected chi connectivity index (χ3v) is 4.46. The van der Waals surface area contributed by atoms with Crippen molar-refractivity contribution >= 4 is 40.9 Å². The van der Waals surface area contributed by atoms with Crippen LogP contribution in [-0.4, -0.2) is 5.91 Å². The predicted molar refractivity (Wildman–Crippen MR) is 116 cm³/mol. The monoisotopic (exact) mass is 422 g/mol. The Morgan fingerprint density at radius 1 is 1.00 bits per heavy atom. The van der Waals surface area contributed by atoms with E-state index in [2.05, 4.69) is 5.32 Å². The Morgan fingerprint density at radius 2 is 1.76 bits per heavy atom. The van der Waals surface area contributed by atoms with Gasteiger partial charge >= 0.3 is 0 Å². The number of amides is 1. The maximum atomic E-state index is 12.5. The lowest BCUT2D eigenvalue weighted by atomic mass is 10.1. The Kier molecular flexibility index (Phi) is 6.91. The van der Waals surface area contributed by atoms with Gasteiger partial charge in [-0.25, -0.2) is 0 Å². The highest BCUT2D eigenvalue weighted by atomic mass is 35.5. The summed E-state index contributed by atoms with van der Waals surface area (Å²) in [6, 6.07) is 23.2.